The Hall–Kier alpha value is -4.23. The number of carbonyl (C=O) groups is 3. The fraction of sp³-hybridized carbons (Fsp3) is 0.233. The molecule has 0 aliphatic carbocycles. The number of rotatable bonds is 5. The molecule has 0 spiro atoms. The number of fused-ring (bicyclic) bond motifs is 1. The summed E-state index contributed by atoms with van der Waals surface area (Å²) in [7, 11) is 2.06. The maximum absolute atomic E-state index is 13.0. The van der Waals surface area contributed by atoms with E-state index in [0.29, 0.717) is 28.0 Å². The highest BCUT2D eigenvalue weighted by molar-refractivity contribution is 6.35. The van der Waals surface area contributed by atoms with Crippen LogP contribution >= 0.6 is 0 Å². The lowest BCUT2D eigenvalue weighted by Crippen LogP contribution is -2.47. The molecule has 3 aromatic rings. The van der Waals surface area contributed by atoms with E-state index in [-0.39, 0.29) is 23.8 Å². The Balaban J connectivity index is 1.33. The minimum atomic E-state index is -0.220. The number of piperazine rings is 1. The van der Waals surface area contributed by atoms with Crippen LogP contribution in [0.25, 0.3) is 11.6 Å². The summed E-state index contributed by atoms with van der Waals surface area (Å²) in [5.74, 6) is -0.399. The van der Waals surface area contributed by atoms with Crippen molar-refractivity contribution < 1.29 is 14.4 Å². The van der Waals surface area contributed by atoms with E-state index in [2.05, 4.69) is 22.6 Å². The number of hydrogen-bond donors (Lipinski definition) is 2. The molecule has 37 heavy (non-hydrogen) atoms. The first-order valence-electron chi connectivity index (χ1n) is 12.5. The molecule has 3 amide bonds. The van der Waals surface area contributed by atoms with Crippen LogP contribution in [0.5, 0.6) is 0 Å². The first-order valence-corrected chi connectivity index (χ1v) is 12.5. The zero-order valence-corrected chi connectivity index (χ0v) is 21.0. The first-order chi connectivity index (χ1) is 17.9. The molecule has 2 aliphatic rings. The monoisotopic (exact) mass is 494 g/mol. The van der Waals surface area contributed by atoms with E-state index >= 15 is 0 Å². The van der Waals surface area contributed by atoms with Gasteiger partial charge in [-0.05, 0) is 61.5 Å². The molecule has 5 rings (SSSR count). The van der Waals surface area contributed by atoms with Crippen molar-refractivity contribution in [1.29, 1.82) is 0 Å². The Morgan fingerprint density at radius 2 is 1.59 bits per heavy atom. The van der Waals surface area contributed by atoms with Gasteiger partial charge in [-0.2, -0.15) is 0 Å². The number of amides is 3. The van der Waals surface area contributed by atoms with Gasteiger partial charge in [-0.1, -0.05) is 42.5 Å². The third-order valence-corrected chi connectivity index (χ3v) is 6.97. The van der Waals surface area contributed by atoms with Crippen molar-refractivity contribution in [2.45, 2.75) is 13.0 Å². The molecular formula is C30H30N4O3. The van der Waals surface area contributed by atoms with Gasteiger partial charge in [0.15, 0.2) is 0 Å². The van der Waals surface area contributed by atoms with Gasteiger partial charge < -0.3 is 20.4 Å². The van der Waals surface area contributed by atoms with Gasteiger partial charge in [0.2, 0.25) is 0 Å². The second kappa shape index (κ2) is 10.4. The first kappa shape index (κ1) is 24.5. The van der Waals surface area contributed by atoms with Gasteiger partial charge in [-0.3, -0.25) is 14.4 Å². The van der Waals surface area contributed by atoms with E-state index in [0.717, 1.165) is 37.3 Å². The van der Waals surface area contributed by atoms with Gasteiger partial charge in [0.1, 0.15) is 0 Å². The van der Waals surface area contributed by atoms with Crippen LogP contribution in [0.3, 0.4) is 0 Å². The summed E-state index contributed by atoms with van der Waals surface area (Å²) in [5, 5.41) is 5.90. The van der Waals surface area contributed by atoms with Crippen LogP contribution in [-0.2, 0) is 4.79 Å². The number of benzene rings is 3. The zero-order chi connectivity index (χ0) is 25.9. The van der Waals surface area contributed by atoms with Gasteiger partial charge in [-0.25, -0.2) is 0 Å². The molecule has 188 valence electrons. The lowest BCUT2D eigenvalue weighted by molar-refractivity contribution is -0.110. The summed E-state index contributed by atoms with van der Waals surface area (Å²) < 4.78 is 0. The van der Waals surface area contributed by atoms with Crippen molar-refractivity contribution in [3.05, 3.63) is 101 Å². The molecule has 3 aromatic carbocycles. The molecule has 0 bridgehead atoms. The van der Waals surface area contributed by atoms with Gasteiger partial charge >= 0.3 is 0 Å². The largest absolute Gasteiger partial charge is 0.346 e. The Kier molecular flexibility index (Phi) is 6.88. The Bertz CT molecular complexity index is 1360. The molecule has 2 aliphatic heterocycles. The van der Waals surface area contributed by atoms with Gasteiger partial charge in [0, 0.05) is 54.1 Å². The lowest BCUT2D eigenvalue weighted by Gasteiger charge is -2.32. The third-order valence-electron chi connectivity index (χ3n) is 6.97. The molecule has 1 fully saturated rings. The van der Waals surface area contributed by atoms with Crippen LogP contribution in [0, 0.1) is 0 Å². The van der Waals surface area contributed by atoms with Gasteiger partial charge in [0.25, 0.3) is 17.7 Å². The molecule has 2 heterocycles. The van der Waals surface area contributed by atoms with E-state index in [1.54, 1.807) is 36.4 Å². The normalized spacial score (nSPS) is 17.3. The molecule has 7 heteroatoms. The highest BCUT2D eigenvalue weighted by atomic mass is 16.2. The number of nitrogens with zero attached hydrogens (tertiary/aromatic N) is 2. The Labute approximate surface area is 216 Å². The van der Waals surface area contributed by atoms with E-state index in [9.17, 15) is 14.4 Å². The predicted octanol–water partition coefficient (Wildman–Crippen LogP) is 4.06. The zero-order valence-electron chi connectivity index (χ0n) is 21.0. The van der Waals surface area contributed by atoms with E-state index in [1.165, 1.54) is 0 Å². The smallest absolute Gasteiger partial charge is 0.256 e. The molecule has 0 aromatic heterocycles. The third kappa shape index (κ3) is 5.32. The molecule has 1 atom stereocenters. The summed E-state index contributed by atoms with van der Waals surface area (Å²) in [4.78, 5) is 42.6. The van der Waals surface area contributed by atoms with Crippen LogP contribution < -0.4 is 10.6 Å². The van der Waals surface area contributed by atoms with Gasteiger partial charge in [-0.15, -0.1) is 0 Å². The summed E-state index contributed by atoms with van der Waals surface area (Å²) in [6, 6.07) is 22.1. The predicted molar refractivity (Wildman–Crippen MR) is 145 cm³/mol. The van der Waals surface area contributed by atoms with Crippen molar-refractivity contribution in [3.63, 3.8) is 0 Å². The van der Waals surface area contributed by atoms with Crippen molar-refractivity contribution in [3.8, 4) is 0 Å². The number of hydrogen-bond acceptors (Lipinski definition) is 4. The fourth-order valence-electron chi connectivity index (χ4n) is 4.66. The molecule has 0 saturated carbocycles. The average Bonchev–Trinajstić information content (AvgIpc) is 3.23. The summed E-state index contributed by atoms with van der Waals surface area (Å²) >= 11 is 0. The van der Waals surface area contributed by atoms with Crippen LogP contribution in [0.4, 0.5) is 5.69 Å². The highest BCUT2D eigenvalue weighted by Crippen LogP contribution is 2.34. The van der Waals surface area contributed by atoms with E-state index < -0.39 is 0 Å². The fourth-order valence-corrected chi connectivity index (χ4v) is 4.66. The number of likely N-dealkylation sites (N-methyl/N-ethyl adjacent to an activating group) is 1. The molecular weight excluding hydrogens is 464 g/mol. The van der Waals surface area contributed by atoms with Gasteiger partial charge in [0.05, 0.1) is 6.04 Å². The Morgan fingerprint density at radius 1 is 0.919 bits per heavy atom. The maximum atomic E-state index is 13.0. The lowest BCUT2D eigenvalue weighted by atomic mass is 10.0. The number of anilines is 1. The standard InChI is InChI=1S/C30H30N4O3/c1-20(22-6-4-3-5-7-22)31-28(35)24-12-13-27-25(19-24)26(29(36)32-27)18-21-8-10-23(11-9-21)30(37)34-16-14-33(2)15-17-34/h3-13,18-20H,14-17H2,1-2H3,(H,31,35)(H,32,36). The molecule has 0 radical (unpaired) electrons. The molecule has 2 N–H and O–H groups in total. The maximum Gasteiger partial charge on any atom is 0.256 e. The number of nitrogens with one attached hydrogen (secondary N) is 2. The van der Waals surface area contributed by atoms with Crippen molar-refractivity contribution in [2.24, 2.45) is 0 Å². The van der Waals surface area contributed by atoms with E-state index in [4.69, 9.17) is 0 Å². The second-order valence-electron chi connectivity index (χ2n) is 9.60. The summed E-state index contributed by atoms with van der Waals surface area (Å²) in [6.45, 7) is 5.12. The second-order valence-corrected chi connectivity index (χ2v) is 9.60. The minimum Gasteiger partial charge on any atom is -0.346 e. The van der Waals surface area contributed by atoms with Crippen LogP contribution in [0.2, 0.25) is 0 Å². The summed E-state index contributed by atoms with van der Waals surface area (Å²) in [6.07, 6.45) is 1.79. The highest BCUT2D eigenvalue weighted by Gasteiger charge is 2.26. The SMILES string of the molecule is CC(NC(=O)c1ccc2c(c1)C(=Cc1ccc(C(=O)N3CCN(C)CC3)cc1)C(=O)N2)c1ccccc1. The van der Waals surface area contributed by atoms with E-state index in [1.807, 2.05) is 54.3 Å². The number of carbonyl (C=O) groups excluding carboxylic acids is 3. The Morgan fingerprint density at radius 3 is 2.30 bits per heavy atom. The topological polar surface area (TPSA) is 81.8 Å². The van der Waals surface area contributed by atoms with Crippen LogP contribution in [0.15, 0.2) is 72.8 Å². The minimum absolute atomic E-state index is 0.0247. The van der Waals surface area contributed by atoms with Crippen molar-refractivity contribution >= 4 is 35.1 Å². The van der Waals surface area contributed by atoms with Crippen LogP contribution in [0.1, 0.15) is 50.4 Å². The molecule has 1 saturated heterocycles. The van der Waals surface area contributed by atoms with Crippen molar-refractivity contribution in [1.82, 2.24) is 15.1 Å². The van der Waals surface area contributed by atoms with Crippen LogP contribution in [-0.4, -0.2) is 60.7 Å². The van der Waals surface area contributed by atoms with Crippen molar-refractivity contribution in [2.75, 3.05) is 38.5 Å². The molecule has 7 nitrogen and oxygen atoms in total. The summed E-state index contributed by atoms with van der Waals surface area (Å²) in [5.41, 5.74) is 4.78. The molecule has 1 unspecified atom stereocenters. The average molecular weight is 495 g/mol. The quantitative estimate of drug-likeness (QED) is 0.524.